The van der Waals surface area contributed by atoms with Crippen molar-refractivity contribution in [3.05, 3.63) is 103 Å². The Morgan fingerprint density at radius 3 is 2.35 bits per heavy atom. The van der Waals surface area contributed by atoms with Gasteiger partial charge in [0.15, 0.2) is 6.20 Å². The van der Waals surface area contributed by atoms with Crippen LogP contribution in [-0.2, 0) is 7.05 Å². The Morgan fingerprint density at radius 2 is 1.48 bits per heavy atom. The van der Waals surface area contributed by atoms with Gasteiger partial charge in [0.1, 0.15) is 18.2 Å². The number of hydrogen-bond donors (Lipinski definition) is 0. The molecule has 0 saturated heterocycles. The molecule has 2 heterocycles. The van der Waals surface area contributed by atoms with Crippen molar-refractivity contribution >= 4 is 32.7 Å². The summed E-state index contributed by atoms with van der Waals surface area (Å²) in [4.78, 5) is 0. The fourth-order valence-corrected chi connectivity index (χ4v) is 4.62. The van der Waals surface area contributed by atoms with Crippen molar-refractivity contribution in [2.45, 2.75) is 6.92 Å². The van der Waals surface area contributed by atoms with Gasteiger partial charge in [0.05, 0.1) is 5.56 Å². The van der Waals surface area contributed by atoms with E-state index in [-0.39, 0.29) is 0 Å². The van der Waals surface area contributed by atoms with Crippen LogP contribution < -0.4 is 4.57 Å². The van der Waals surface area contributed by atoms with Crippen molar-refractivity contribution in [1.82, 2.24) is 0 Å². The highest BCUT2D eigenvalue weighted by molar-refractivity contribution is 6.19. The van der Waals surface area contributed by atoms with E-state index < -0.39 is 0 Å². The third-order valence-electron chi connectivity index (χ3n) is 6.24. The lowest BCUT2D eigenvalue weighted by Crippen LogP contribution is -2.30. The van der Waals surface area contributed by atoms with E-state index in [1.807, 2.05) is 0 Å². The molecule has 4 aromatic carbocycles. The van der Waals surface area contributed by atoms with E-state index in [1.54, 1.807) is 0 Å². The lowest BCUT2D eigenvalue weighted by molar-refractivity contribution is -0.660. The Labute approximate surface area is 181 Å². The molecule has 2 heteroatoms. The molecule has 0 unspecified atom stereocenters. The van der Waals surface area contributed by atoms with Gasteiger partial charge >= 0.3 is 0 Å². The van der Waals surface area contributed by atoms with Crippen molar-refractivity contribution in [3.8, 4) is 22.4 Å². The maximum absolute atomic E-state index is 6.32. The predicted molar refractivity (Wildman–Crippen MR) is 128 cm³/mol. The Bertz CT molecular complexity index is 1590. The summed E-state index contributed by atoms with van der Waals surface area (Å²) in [6, 6.07) is 32.2. The minimum Gasteiger partial charge on any atom is -0.456 e. The molecule has 0 spiro atoms. The van der Waals surface area contributed by atoms with Crippen LogP contribution in [0.1, 0.15) is 5.56 Å². The first-order valence-corrected chi connectivity index (χ1v) is 10.6. The molecule has 0 fully saturated rings. The molecule has 31 heavy (non-hydrogen) atoms. The van der Waals surface area contributed by atoms with Gasteiger partial charge < -0.3 is 4.42 Å². The van der Waals surface area contributed by atoms with Crippen molar-refractivity contribution in [2.75, 3.05) is 0 Å². The molecule has 0 N–H and O–H groups in total. The van der Waals surface area contributed by atoms with Crippen LogP contribution in [0.2, 0.25) is 0 Å². The molecule has 0 aliphatic rings. The second-order valence-corrected chi connectivity index (χ2v) is 8.20. The van der Waals surface area contributed by atoms with Crippen LogP contribution in [0.4, 0.5) is 0 Å². The molecule has 148 valence electrons. The average Bonchev–Trinajstić information content (AvgIpc) is 3.17. The summed E-state index contributed by atoms with van der Waals surface area (Å²) in [5.74, 6) is 0. The Kier molecular flexibility index (Phi) is 3.94. The molecule has 2 nitrogen and oxygen atoms in total. The summed E-state index contributed by atoms with van der Waals surface area (Å²) in [5, 5.41) is 4.85. The lowest BCUT2D eigenvalue weighted by atomic mass is 9.97. The first-order valence-electron chi connectivity index (χ1n) is 10.6. The highest BCUT2D eigenvalue weighted by Gasteiger charge is 2.18. The molecular weight excluding hydrogens is 378 g/mol. The second kappa shape index (κ2) is 6.82. The Hall–Kier alpha value is -3.91. The zero-order valence-electron chi connectivity index (χ0n) is 17.6. The number of nitrogens with zero attached hydrogens (tertiary/aromatic N) is 1. The van der Waals surface area contributed by atoms with E-state index in [4.69, 9.17) is 4.42 Å². The number of furan rings is 1. The summed E-state index contributed by atoms with van der Waals surface area (Å²) >= 11 is 0. The summed E-state index contributed by atoms with van der Waals surface area (Å²) in [6.45, 7) is 2.19. The van der Waals surface area contributed by atoms with Gasteiger partial charge in [-0.3, -0.25) is 0 Å². The number of hydrogen-bond acceptors (Lipinski definition) is 1. The number of fused-ring (bicyclic) bond motifs is 5. The van der Waals surface area contributed by atoms with Crippen LogP contribution in [0.15, 0.2) is 102 Å². The predicted octanol–water partition coefficient (Wildman–Crippen LogP) is 7.21. The molecule has 0 bridgehead atoms. The number of pyridine rings is 1. The van der Waals surface area contributed by atoms with Gasteiger partial charge in [-0.05, 0) is 52.6 Å². The number of aromatic nitrogens is 1. The summed E-state index contributed by atoms with van der Waals surface area (Å²) in [7, 11) is 2.10. The van der Waals surface area contributed by atoms with E-state index in [0.717, 1.165) is 11.2 Å². The molecule has 0 amide bonds. The standard InChI is InChI=1S/C29H22NO/c1-19-16-25-28(31-27-13-12-21-10-6-7-11-23(21)29(25)27)18-24(19)26-17-22(14-15-30(26)2)20-8-4-3-5-9-20/h3-18H,1-2H3/q+1. The van der Waals surface area contributed by atoms with Crippen LogP contribution >= 0.6 is 0 Å². The fourth-order valence-electron chi connectivity index (χ4n) is 4.62. The van der Waals surface area contributed by atoms with E-state index in [9.17, 15) is 0 Å². The molecule has 2 aromatic heterocycles. The van der Waals surface area contributed by atoms with Crippen LogP contribution in [0, 0.1) is 6.92 Å². The van der Waals surface area contributed by atoms with Crippen molar-refractivity contribution in [3.63, 3.8) is 0 Å². The minimum absolute atomic E-state index is 0.928. The van der Waals surface area contributed by atoms with Crippen LogP contribution in [-0.4, -0.2) is 0 Å². The second-order valence-electron chi connectivity index (χ2n) is 8.20. The highest BCUT2D eigenvalue weighted by atomic mass is 16.3. The van der Waals surface area contributed by atoms with Crippen molar-refractivity contribution < 1.29 is 8.98 Å². The van der Waals surface area contributed by atoms with E-state index in [2.05, 4.69) is 116 Å². The molecule has 0 aliphatic heterocycles. The number of benzene rings is 4. The first kappa shape index (κ1) is 17.9. The number of rotatable bonds is 2. The normalized spacial score (nSPS) is 11.5. The van der Waals surface area contributed by atoms with Gasteiger partial charge in [0.2, 0.25) is 5.69 Å². The van der Waals surface area contributed by atoms with Crippen LogP contribution in [0.25, 0.3) is 55.1 Å². The van der Waals surface area contributed by atoms with Crippen LogP contribution in [0.5, 0.6) is 0 Å². The maximum atomic E-state index is 6.32. The molecular formula is C29H22NO+. The molecule has 6 rings (SSSR count). The molecule has 0 saturated carbocycles. The van der Waals surface area contributed by atoms with Gasteiger partial charge in [-0.2, -0.15) is 0 Å². The first-order chi connectivity index (χ1) is 15.2. The minimum atomic E-state index is 0.928. The number of aryl methyl sites for hydroxylation is 2. The topological polar surface area (TPSA) is 17.0 Å². The van der Waals surface area contributed by atoms with Gasteiger partial charge in [-0.15, -0.1) is 0 Å². The summed E-state index contributed by atoms with van der Waals surface area (Å²) in [5.41, 5.74) is 7.90. The quantitative estimate of drug-likeness (QED) is 0.281. The highest BCUT2D eigenvalue weighted by Crippen LogP contribution is 2.37. The van der Waals surface area contributed by atoms with Gasteiger partial charge in [-0.1, -0.05) is 60.7 Å². The van der Waals surface area contributed by atoms with Crippen molar-refractivity contribution in [2.24, 2.45) is 7.05 Å². The largest absolute Gasteiger partial charge is 0.456 e. The Balaban J connectivity index is 1.60. The van der Waals surface area contributed by atoms with E-state index in [0.29, 0.717) is 0 Å². The van der Waals surface area contributed by atoms with E-state index >= 15 is 0 Å². The van der Waals surface area contributed by atoms with Gasteiger partial charge in [0, 0.05) is 22.9 Å². The van der Waals surface area contributed by atoms with E-state index in [1.165, 1.54) is 49.5 Å². The fraction of sp³-hybridized carbons (Fsp3) is 0.0690. The zero-order chi connectivity index (χ0) is 20.9. The molecule has 6 aromatic rings. The maximum Gasteiger partial charge on any atom is 0.213 e. The van der Waals surface area contributed by atoms with Gasteiger partial charge in [0.25, 0.3) is 0 Å². The third kappa shape index (κ3) is 2.83. The molecule has 0 radical (unpaired) electrons. The van der Waals surface area contributed by atoms with Crippen LogP contribution in [0.3, 0.4) is 0 Å². The van der Waals surface area contributed by atoms with Gasteiger partial charge in [-0.25, -0.2) is 4.57 Å². The average molecular weight is 401 g/mol. The molecule has 0 atom stereocenters. The summed E-state index contributed by atoms with van der Waals surface area (Å²) in [6.07, 6.45) is 2.13. The lowest BCUT2D eigenvalue weighted by Gasteiger charge is -2.07. The molecule has 0 aliphatic carbocycles. The summed E-state index contributed by atoms with van der Waals surface area (Å²) < 4.78 is 8.50. The Morgan fingerprint density at radius 1 is 0.677 bits per heavy atom. The monoisotopic (exact) mass is 400 g/mol. The van der Waals surface area contributed by atoms with Crippen molar-refractivity contribution in [1.29, 1.82) is 0 Å². The SMILES string of the molecule is Cc1cc2c(cc1-c1cc(-c3ccccc3)cc[n+]1C)oc1ccc3ccccc3c12. The third-order valence-corrected chi connectivity index (χ3v) is 6.24. The smallest absolute Gasteiger partial charge is 0.213 e. The zero-order valence-corrected chi connectivity index (χ0v) is 17.6.